The van der Waals surface area contributed by atoms with Gasteiger partial charge in [0.25, 0.3) is 0 Å². The molecule has 3 nitrogen and oxygen atoms in total. The van der Waals surface area contributed by atoms with Crippen molar-refractivity contribution >= 4 is 38.1 Å². The van der Waals surface area contributed by atoms with Crippen LogP contribution in [0.15, 0.2) is 84.8 Å². The number of carbonyl (C=O) groups excluding carboxylic acids is 1. The number of hydrogen-bond acceptors (Lipinski definition) is 3. The third kappa shape index (κ3) is 9.14. The molecule has 5 aromatic rings. The zero-order chi connectivity index (χ0) is 33.1. The molecule has 4 heteroatoms. The maximum absolute atomic E-state index is 11.5. The van der Waals surface area contributed by atoms with Gasteiger partial charge in [0.05, 0.1) is 0 Å². The van der Waals surface area contributed by atoms with Crippen LogP contribution >= 0.6 is 0 Å². The SMILES string of the molecule is CC(C)(C)C(=O)/C=C(\O)C(C)(C)C.CC(C)Cc1[c-]c(-c2nccc3c2ccc2c4ccccc4ccc32)cc(CC(C)C)c1.[Ir]. The number of aliphatic hydroxyl groups is 1. The molecule has 1 N–H and O–H groups in total. The van der Waals surface area contributed by atoms with E-state index in [0.717, 1.165) is 24.1 Å². The molecule has 4 aromatic carbocycles. The number of rotatable bonds is 6. The number of aromatic nitrogens is 1. The van der Waals surface area contributed by atoms with Gasteiger partial charge < -0.3 is 10.1 Å². The fourth-order valence-corrected chi connectivity index (χ4v) is 5.49. The predicted octanol–water partition coefficient (Wildman–Crippen LogP) is 11.5. The van der Waals surface area contributed by atoms with Gasteiger partial charge in [-0.25, -0.2) is 0 Å². The van der Waals surface area contributed by atoms with E-state index in [0.29, 0.717) is 11.8 Å². The Morgan fingerprint density at radius 2 is 1.35 bits per heavy atom. The summed E-state index contributed by atoms with van der Waals surface area (Å²) in [6.45, 7) is 20.2. The molecule has 245 valence electrons. The Balaban J connectivity index is 0.000000352. The summed E-state index contributed by atoms with van der Waals surface area (Å²) in [5.74, 6) is 1.33. The molecule has 1 aromatic heterocycles. The first kappa shape index (κ1) is 37.1. The van der Waals surface area contributed by atoms with Gasteiger partial charge in [-0.3, -0.25) is 4.79 Å². The molecule has 0 fully saturated rings. The standard InChI is InChI=1S/C31H30N.C11H20O2.Ir/c1-20(2)15-22-17-23(16-21(3)4)19-25(18-22)31-30-12-11-27-26-8-6-5-7-24(26)9-10-28(27)29(30)13-14-32-31;1-10(2,3)8(12)7-9(13)11(4,5)6;/h5-14,17-18,20-21H,15-16H2,1-4H3;7,12H,1-6H3;/q-1;;/b;8-7-;. The molecule has 0 aliphatic heterocycles. The third-order valence-corrected chi connectivity index (χ3v) is 7.95. The second kappa shape index (κ2) is 15.1. The number of allylic oxidation sites excluding steroid dienone is 2. The summed E-state index contributed by atoms with van der Waals surface area (Å²) in [7, 11) is 0. The number of pyridine rings is 1. The zero-order valence-electron chi connectivity index (χ0n) is 29.2. The van der Waals surface area contributed by atoms with E-state index in [2.05, 4.69) is 100 Å². The molecule has 0 spiro atoms. The maximum Gasteiger partial charge on any atom is 0.164 e. The van der Waals surface area contributed by atoms with E-state index in [-0.39, 0.29) is 37.1 Å². The Labute approximate surface area is 289 Å². The van der Waals surface area contributed by atoms with Gasteiger partial charge >= 0.3 is 0 Å². The van der Waals surface area contributed by atoms with Crippen LogP contribution in [0.4, 0.5) is 0 Å². The number of benzene rings is 4. The fourth-order valence-electron chi connectivity index (χ4n) is 5.49. The third-order valence-electron chi connectivity index (χ3n) is 7.95. The van der Waals surface area contributed by atoms with Crippen molar-refractivity contribution in [2.24, 2.45) is 22.7 Å². The summed E-state index contributed by atoms with van der Waals surface area (Å²) in [5, 5.41) is 17.2. The molecule has 0 aliphatic rings. The van der Waals surface area contributed by atoms with Gasteiger partial charge in [0, 0.05) is 43.2 Å². The molecular weight excluding hydrogens is 743 g/mol. The first-order chi connectivity index (χ1) is 21.0. The Bertz CT molecular complexity index is 1820. The summed E-state index contributed by atoms with van der Waals surface area (Å²) in [5.41, 5.74) is 4.06. The molecular formula is C42H50IrNO2-. The fraction of sp³-hybridized carbons (Fsp3) is 0.381. The molecule has 0 aliphatic carbocycles. The number of hydrogen-bond donors (Lipinski definition) is 1. The van der Waals surface area contributed by atoms with Crippen molar-refractivity contribution in [1.29, 1.82) is 0 Å². The van der Waals surface area contributed by atoms with Crippen LogP contribution in [0.2, 0.25) is 0 Å². The van der Waals surface area contributed by atoms with Crippen LogP contribution in [0.1, 0.15) is 80.4 Å². The summed E-state index contributed by atoms with van der Waals surface area (Å²) < 4.78 is 0. The molecule has 1 heterocycles. The van der Waals surface area contributed by atoms with Crippen molar-refractivity contribution in [1.82, 2.24) is 4.98 Å². The van der Waals surface area contributed by atoms with Crippen LogP contribution in [0.5, 0.6) is 0 Å². The maximum atomic E-state index is 11.5. The van der Waals surface area contributed by atoms with Crippen molar-refractivity contribution in [2.45, 2.75) is 82.1 Å². The molecule has 0 amide bonds. The number of nitrogens with zero attached hydrogens (tertiary/aromatic N) is 1. The number of aliphatic hydroxyl groups excluding tert-OH is 1. The summed E-state index contributed by atoms with van der Waals surface area (Å²) in [4.78, 5) is 16.3. The van der Waals surface area contributed by atoms with Gasteiger partial charge in [0.2, 0.25) is 0 Å². The van der Waals surface area contributed by atoms with Crippen LogP contribution in [0.3, 0.4) is 0 Å². The number of fused-ring (bicyclic) bond motifs is 5. The van der Waals surface area contributed by atoms with E-state index in [4.69, 9.17) is 4.98 Å². The average Bonchev–Trinajstić information content (AvgIpc) is 2.95. The minimum Gasteiger partial charge on any atom is -0.512 e. The van der Waals surface area contributed by atoms with E-state index < -0.39 is 5.41 Å². The smallest absolute Gasteiger partial charge is 0.164 e. The second-order valence-electron chi connectivity index (χ2n) is 15.2. The van der Waals surface area contributed by atoms with Crippen LogP contribution in [0, 0.1) is 28.7 Å². The molecule has 0 atom stereocenters. The van der Waals surface area contributed by atoms with Crippen LogP contribution in [-0.4, -0.2) is 15.9 Å². The van der Waals surface area contributed by atoms with Crippen molar-refractivity contribution in [3.05, 3.63) is 102 Å². The zero-order valence-corrected chi connectivity index (χ0v) is 31.6. The monoisotopic (exact) mass is 793 g/mol. The predicted molar refractivity (Wildman–Crippen MR) is 193 cm³/mol. The van der Waals surface area contributed by atoms with Crippen molar-refractivity contribution in [3.63, 3.8) is 0 Å². The van der Waals surface area contributed by atoms with Gasteiger partial charge in [0.1, 0.15) is 5.76 Å². The molecule has 0 bridgehead atoms. The topological polar surface area (TPSA) is 50.2 Å². The molecule has 1 radical (unpaired) electrons. The minimum absolute atomic E-state index is 0. The number of carbonyl (C=O) groups is 1. The van der Waals surface area contributed by atoms with Crippen LogP contribution in [0.25, 0.3) is 43.6 Å². The van der Waals surface area contributed by atoms with Crippen molar-refractivity contribution in [3.8, 4) is 11.3 Å². The van der Waals surface area contributed by atoms with E-state index in [1.165, 1.54) is 49.5 Å². The van der Waals surface area contributed by atoms with Gasteiger partial charge in [-0.1, -0.05) is 118 Å². The van der Waals surface area contributed by atoms with Crippen LogP contribution < -0.4 is 0 Å². The van der Waals surface area contributed by atoms with E-state index in [1.807, 2.05) is 47.7 Å². The first-order valence-corrected chi connectivity index (χ1v) is 16.2. The largest absolute Gasteiger partial charge is 0.512 e. The van der Waals surface area contributed by atoms with Gasteiger partial charge in [-0.15, -0.1) is 34.9 Å². The summed E-state index contributed by atoms with van der Waals surface area (Å²) in [6.07, 6.45) is 5.41. The van der Waals surface area contributed by atoms with Gasteiger partial charge in [-0.2, -0.15) is 0 Å². The second-order valence-corrected chi connectivity index (χ2v) is 15.2. The Hall–Kier alpha value is -3.33. The quantitative estimate of drug-likeness (QED) is 0.0806. The molecule has 5 rings (SSSR count). The van der Waals surface area contributed by atoms with Crippen molar-refractivity contribution in [2.75, 3.05) is 0 Å². The van der Waals surface area contributed by atoms with Crippen LogP contribution in [-0.2, 0) is 37.7 Å². The van der Waals surface area contributed by atoms with Gasteiger partial charge in [0.15, 0.2) is 5.78 Å². The Morgan fingerprint density at radius 3 is 1.98 bits per heavy atom. The Morgan fingerprint density at radius 1 is 0.761 bits per heavy atom. The van der Waals surface area contributed by atoms with E-state index in [9.17, 15) is 9.90 Å². The van der Waals surface area contributed by atoms with E-state index in [1.54, 1.807) is 0 Å². The molecule has 46 heavy (non-hydrogen) atoms. The first-order valence-electron chi connectivity index (χ1n) is 16.2. The summed E-state index contributed by atoms with van der Waals surface area (Å²) >= 11 is 0. The van der Waals surface area contributed by atoms with Gasteiger partial charge in [-0.05, 0) is 68.8 Å². The molecule has 0 saturated heterocycles. The normalized spacial score (nSPS) is 12.4. The minimum atomic E-state index is -0.417. The number of ketones is 1. The van der Waals surface area contributed by atoms with Crippen molar-refractivity contribution < 1.29 is 30.0 Å². The molecule has 0 saturated carbocycles. The average molecular weight is 793 g/mol. The molecule has 0 unspecified atom stereocenters. The summed E-state index contributed by atoms with van der Waals surface area (Å²) in [6, 6.07) is 28.1. The Kier molecular flexibility index (Phi) is 12.1. The van der Waals surface area contributed by atoms with E-state index >= 15 is 0 Å².